The van der Waals surface area contributed by atoms with E-state index < -0.39 is 0 Å². The molecule has 1 amide bonds. The van der Waals surface area contributed by atoms with Crippen molar-refractivity contribution in [2.24, 2.45) is 0 Å². The zero-order valence-corrected chi connectivity index (χ0v) is 11.3. The van der Waals surface area contributed by atoms with Crippen LogP contribution < -0.4 is 4.74 Å². The summed E-state index contributed by atoms with van der Waals surface area (Å²) in [6, 6.07) is 0.301. The molecule has 0 aromatic carbocycles. The van der Waals surface area contributed by atoms with Crippen molar-refractivity contribution in [1.82, 2.24) is 14.9 Å². The monoisotopic (exact) mass is 281 g/mol. The highest BCUT2D eigenvalue weighted by Gasteiger charge is 2.27. The highest BCUT2D eigenvalue weighted by atomic mass is 35.5. The van der Waals surface area contributed by atoms with Crippen LogP contribution >= 0.6 is 11.6 Å². The number of rotatable bonds is 5. The zero-order valence-electron chi connectivity index (χ0n) is 10.6. The summed E-state index contributed by atoms with van der Waals surface area (Å²) in [6.07, 6.45) is 6.70. The summed E-state index contributed by atoms with van der Waals surface area (Å²) in [6.45, 7) is 4.92. The molecule has 1 aliphatic heterocycles. The van der Waals surface area contributed by atoms with Crippen LogP contribution in [0.4, 0.5) is 0 Å². The number of carbonyl (C=O) groups is 1. The van der Waals surface area contributed by atoms with Crippen molar-refractivity contribution in [3.8, 4) is 6.01 Å². The van der Waals surface area contributed by atoms with Gasteiger partial charge < -0.3 is 9.64 Å². The van der Waals surface area contributed by atoms with Crippen molar-refractivity contribution >= 4 is 17.5 Å². The van der Waals surface area contributed by atoms with Gasteiger partial charge in [-0.25, -0.2) is 9.97 Å². The Balaban J connectivity index is 1.83. The third-order valence-electron chi connectivity index (χ3n) is 2.93. The van der Waals surface area contributed by atoms with Crippen LogP contribution in [-0.2, 0) is 4.79 Å². The largest absolute Gasteiger partial charge is 0.458 e. The first-order valence-corrected chi connectivity index (χ1v) is 6.59. The lowest BCUT2D eigenvalue weighted by Crippen LogP contribution is -2.30. The summed E-state index contributed by atoms with van der Waals surface area (Å²) >= 11 is 5.70. The summed E-state index contributed by atoms with van der Waals surface area (Å²) in [5.41, 5.74) is 0. The Bertz CT molecular complexity index is 450. The van der Waals surface area contributed by atoms with E-state index in [1.807, 2.05) is 4.90 Å². The highest BCUT2D eigenvalue weighted by molar-refractivity contribution is 6.30. The van der Waals surface area contributed by atoms with E-state index >= 15 is 0 Å². The van der Waals surface area contributed by atoms with Gasteiger partial charge in [-0.1, -0.05) is 17.7 Å². The maximum atomic E-state index is 11.8. The number of amides is 1. The summed E-state index contributed by atoms with van der Waals surface area (Å²) in [4.78, 5) is 21.6. The molecule has 1 aromatic rings. The number of hydrogen-bond donors (Lipinski definition) is 0. The van der Waals surface area contributed by atoms with Gasteiger partial charge in [-0.3, -0.25) is 4.79 Å². The van der Waals surface area contributed by atoms with E-state index in [0.29, 0.717) is 37.0 Å². The molecule has 1 fully saturated rings. The summed E-state index contributed by atoms with van der Waals surface area (Å²) < 4.78 is 5.62. The van der Waals surface area contributed by atoms with Crippen molar-refractivity contribution in [3.05, 3.63) is 30.1 Å². The van der Waals surface area contributed by atoms with Crippen molar-refractivity contribution in [2.45, 2.75) is 25.4 Å². The minimum atomic E-state index is -0.0474. The van der Waals surface area contributed by atoms with Crippen LogP contribution in [0.1, 0.15) is 19.3 Å². The summed E-state index contributed by atoms with van der Waals surface area (Å²) in [7, 11) is 0. The predicted molar refractivity (Wildman–Crippen MR) is 72.1 cm³/mol. The molecule has 0 aliphatic carbocycles. The molecule has 0 bridgehead atoms. The fourth-order valence-electron chi connectivity index (χ4n) is 1.94. The molecule has 5 nitrogen and oxygen atoms in total. The van der Waals surface area contributed by atoms with Gasteiger partial charge in [0.1, 0.15) is 6.10 Å². The Morgan fingerprint density at radius 2 is 2.32 bits per heavy atom. The average Bonchev–Trinajstić information content (AvgIpc) is 2.87. The average molecular weight is 282 g/mol. The fraction of sp³-hybridized carbons (Fsp3) is 0.462. The molecular weight excluding hydrogens is 266 g/mol. The van der Waals surface area contributed by atoms with Crippen LogP contribution in [0.2, 0.25) is 5.02 Å². The van der Waals surface area contributed by atoms with E-state index in [1.165, 1.54) is 12.4 Å². The molecule has 0 N–H and O–H groups in total. The molecule has 1 saturated heterocycles. The molecule has 1 aromatic heterocycles. The van der Waals surface area contributed by atoms with Crippen LogP contribution in [-0.4, -0.2) is 40.0 Å². The molecular formula is C13H16ClN3O2. The van der Waals surface area contributed by atoms with E-state index in [4.69, 9.17) is 16.3 Å². The number of allylic oxidation sites excluding steroid dienone is 1. The van der Waals surface area contributed by atoms with Crippen molar-refractivity contribution in [3.63, 3.8) is 0 Å². The summed E-state index contributed by atoms with van der Waals surface area (Å²) in [5.74, 6) is 0.142. The number of carbonyl (C=O) groups excluding carboxylic acids is 1. The van der Waals surface area contributed by atoms with Gasteiger partial charge in [-0.05, 0) is 6.42 Å². The predicted octanol–water partition coefficient (Wildman–Crippen LogP) is 2.08. The van der Waals surface area contributed by atoms with E-state index in [2.05, 4.69) is 16.5 Å². The van der Waals surface area contributed by atoms with Gasteiger partial charge in [0.2, 0.25) is 5.91 Å². The topological polar surface area (TPSA) is 55.3 Å². The number of hydrogen-bond acceptors (Lipinski definition) is 4. The Hall–Kier alpha value is -1.62. The zero-order chi connectivity index (χ0) is 13.7. The van der Waals surface area contributed by atoms with Crippen LogP contribution in [0.15, 0.2) is 25.0 Å². The van der Waals surface area contributed by atoms with Crippen LogP contribution in [0.3, 0.4) is 0 Å². The van der Waals surface area contributed by atoms with Gasteiger partial charge >= 0.3 is 6.01 Å². The third-order valence-corrected chi connectivity index (χ3v) is 3.12. The Kier molecular flexibility index (Phi) is 4.74. The molecule has 0 saturated carbocycles. The smallest absolute Gasteiger partial charge is 0.316 e. The van der Waals surface area contributed by atoms with Gasteiger partial charge in [0.25, 0.3) is 0 Å². The lowest BCUT2D eigenvalue weighted by molar-refractivity contribution is -0.130. The third kappa shape index (κ3) is 3.92. The second-order valence-corrected chi connectivity index (χ2v) is 4.82. The number of likely N-dealkylation sites (tertiary alicyclic amines) is 1. The number of halogens is 1. The number of nitrogens with zero attached hydrogens (tertiary/aromatic N) is 3. The van der Waals surface area contributed by atoms with E-state index in [-0.39, 0.29) is 12.0 Å². The second-order valence-electron chi connectivity index (χ2n) is 4.38. The number of aromatic nitrogens is 2. The summed E-state index contributed by atoms with van der Waals surface area (Å²) in [5, 5.41) is 0.472. The Labute approximate surface area is 117 Å². The molecule has 2 heterocycles. The van der Waals surface area contributed by atoms with Gasteiger partial charge in [-0.15, -0.1) is 6.58 Å². The lowest BCUT2D eigenvalue weighted by Gasteiger charge is -2.16. The van der Waals surface area contributed by atoms with Crippen molar-refractivity contribution < 1.29 is 9.53 Å². The van der Waals surface area contributed by atoms with Crippen LogP contribution in [0.25, 0.3) is 0 Å². The van der Waals surface area contributed by atoms with E-state index in [9.17, 15) is 4.79 Å². The molecule has 0 spiro atoms. The Morgan fingerprint density at radius 1 is 1.58 bits per heavy atom. The van der Waals surface area contributed by atoms with E-state index in [1.54, 1.807) is 6.08 Å². The maximum Gasteiger partial charge on any atom is 0.316 e. The Morgan fingerprint density at radius 3 is 3.00 bits per heavy atom. The molecule has 2 rings (SSSR count). The normalized spacial score (nSPS) is 18.4. The fourth-order valence-corrected chi connectivity index (χ4v) is 2.04. The first kappa shape index (κ1) is 13.8. The molecule has 6 heteroatoms. The highest BCUT2D eigenvalue weighted by Crippen LogP contribution is 2.17. The van der Waals surface area contributed by atoms with Crippen LogP contribution in [0.5, 0.6) is 6.01 Å². The second kappa shape index (κ2) is 6.52. The van der Waals surface area contributed by atoms with E-state index in [0.717, 1.165) is 6.42 Å². The molecule has 1 atom stereocenters. The molecule has 1 aliphatic rings. The van der Waals surface area contributed by atoms with Gasteiger partial charge in [0, 0.05) is 19.4 Å². The first-order chi connectivity index (χ1) is 9.19. The van der Waals surface area contributed by atoms with Crippen molar-refractivity contribution in [2.75, 3.05) is 13.1 Å². The first-order valence-electron chi connectivity index (χ1n) is 6.22. The standard InChI is InChI=1S/C13H16ClN3O2/c1-2-3-4-12(18)17-6-5-11(9-17)19-13-15-7-10(14)8-16-13/h2,7-8,11H,1,3-6,9H2. The quantitative estimate of drug-likeness (QED) is 0.776. The maximum absolute atomic E-state index is 11.8. The molecule has 19 heavy (non-hydrogen) atoms. The lowest BCUT2D eigenvalue weighted by atomic mass is 10.3. The van der Waals surface area contributed by atoms with Gasteiger partial charge in [0.05, 0.1) is 24.0 Å². The van der Waals surface area contributed by atoms with Gasteiger partial charge in [0.15, 0.2) is 0 Å². The van der Waals surface area contributed by atoms with Crippen LogP contribution in [0, 0.1) is 0 Å². The molecule has 1 unspecified atom stereocenters. The number of ether oxygens (including phenoxy) is 1. The molecule has 102 valence electrons. The SMILES string of the molecule is C=CCCC(=O)N1CCC(Oc2ncc(Cl)cn2)C1. The van der Waals surface area contributed by atoms with Crippen molar-refractivity contribution in [1.29, 1.82) is 0 Å². The minimum Gasteiger partial charge on any atom is -0.458 e. The minimum absolute atomic E-state index is 0.0474. The molecule has 0 radical (unpaired) electrons. The van der Waals surface area contributed by atoms with Gasteiger partial charge in [-0.2, -0.15) is 0 Å².